The second kappa shape index (κ2) is 9.23. The van der Waals surface area contributed by atoms with Gasteiger partial charge in [-0.25, -0.2) is 9.98 Å². The second-order valence-electron chi connectivity index (χ2n) is 12.6. The van der Waals surface area contributed by atoms with Crippen molar-refractivity contribution in [3.05, 3.63) is 96.6 Å². The van der Waals surface area contributed by atoms with E-state index >= 15 is 0 Å². The predicted molar refractivity (Wildman–Crippen MR) is 171 cm³/mol. The molecule has 0 aliphatic carbocycles. The summed E-state index contributed by atoms with van der Waals surface area (Å²) in [6.45, 7) is 9.35. The van der Waals surface area contributed by atoms with E-state index in [9.17, 15) is 0 Å². The molecule has 212 valence electrons. The first kappa shape index (κ1) is 25.7. The first-order valence-electron chi connectivity index (χ1n) is 14.5. The lowest BCUT2D eigenvalue weighted by atomic mass is 9.95. The summed E-state index contributed by atoms with van der Waals surface area (Å²) < 4.78 is 18.1. The van der Waals surface area contributed by atoms with E-state index in [0.717, 1.165) is 66.4 Å². The molecule has 2 aliphatic heterocycles. The van der Waals surface area contributed by atoms with Gasteiger partial charge in [0.1, 0.15) is 35.8 Å². The number of ether oxygens (including phenoxy) is 2. The highest BCUT2D eigenvalue weighted by Crippen LogP contribution is 2.41. The molecule has 0 fully saturated rings. The van der Waals surface area contributed by atoms with E-state index in [0.29, 0.717) is 25.0 Å². The summed E-state index contributed by atoms with van der Waals surface area (Å²) >= 11 is 0. The lowest BCUT2D eigenvalue weighted by Crippen LogP contribution is -2.17. The van der Waals surface area contributed by atoms with E-state index in [1.54, 1.807) is 0 Å². The fourth-order valence-corrected chi connectivity index (χ4v) is 5.86. The number of rotatable bonds is 4. The Hall–Kier alpha value is -5.04. The summed E-state index contributed by atoms with van der Waals surface area (Å²) in [5, 5.41) is 4.47. The Balaban J connectivity index is 1.19. The molecule has 3 aromatic heterocycles. The molecule has 0 N–H and O–H groups in total. The second-order valence-corrected chi connectivity index (χ2v) is 12.6. The third kappa shape index (κ3) is 4.43. The van der Waals surface area contributed by atoms with E-state index in [-0.39, 0.29) is 11.1 Å². The molecule has 0 bridgehead atoms. The maximum Gasteiger partial charge on any atom is 0.236 e. The van der Waals surface area contributed by atoms with Crippen molar-refractivity contribution >= 4 is 44.5 Å². The summed E-state index contributed by atoms with van der Waals surface area (Å²) in [7, 11) is 0. The maximum atomic E-state index is 6.52. The van der Waals surface area contributed by atoms with Gasteiger partial charge in [-0.15, -0.1) is 0 Å². The fraction of sp³-hybridized carbons (Fsp3) is 0.222. The lowest BCUT2D eigenvalue weighted by molar-refractivity contribution is 0.279. The molecule has 7 heteroatoms. The summed E-state index contributed by atoms with van der Waals surface area (Å²) in [5.41, 5.74) is 6.81. The van der Waals surface area contributed by atoms with Crippen molar-refractivity contribution in [2.24, 2.45) is 9.98 Å². The molecule has 0 saturated heterocycles. The minimum Gasteiger partial charge on any atom is -0.474 e. The van der Waals surface area contributed by atoms with E-state index < -0.39 is 0 Å². The third-order valence-corrected chi connectivity index (χ3v) is 8.02. The van der Waals surface area contributed by atoms with Gasteiger partial charge in [-0.1, -0.05) is 42.5 Å². The van der Waals surface area contributed by atoms with Crippen LogP contribution in [0.25, 0.3) is 55.0 Å². The lowest BCUT2D eigenvalue weighted by Gasteiger charge is -2.09. The van der Waals surface area contributed by atoms with Crippen LogP contribution in [-0.2, 0) is 9.47 Å². The molecule has 6 aromatic rings. The smallest absolute Gasteiger partial charge is 0.236 e. The van der Waals surface area contributed by atoms with E-state index in [4.69, 9.17) is 18.9 Å². The van der Waals surface area contributed by atoms with Crippen molar-refractivity contribution in [1.29, 1.82) is 0 Å². The van der Waals surface area contributed by atoms with Gasteiger partial charge in [-0.3, -0.25) is 9.97 Å². The minimum atomic E-state index is -0.227. The average molecular weight is 567 g/mol. The van der Waals surface area contributed by atoms with E-state index in [1.807, 2.05) is 24.5 Å². The Morgan fingerprint density at radius 3 is 1.77 bits per heavy atom. The third-order valence-electron chi connectivity index (χ3n) is 8.02. The largest absolute Gasteiger partial charge is 0.474 e. The zero-order valence-corrected chi connectivity index (χ0v) is 24.5. The van der Waals surface area contributed by atoms with Gasteiger partial charge in [0.05, 0.1) is 11.1 Å². The Kier molecular flexibility index (Phi) is 5.51. The van der Waals surface area contributed by atoms with Crippen LogP contribution in [0, 0.1) is 0 Å². The highest BCUT2D eigenvalue weighted by atomic mass is 16.5. The fourth-order valence-electron chi connectivity index (χ4n) is 5.86. The van der Waals surface area contributed by atoms with Crippen LogP contribution in [0.15, 0.2) is 99.6 Å². The molecule has 2 aliphatic rings. The number of aromatic nitrogens is 2. The standard InChI is InChI=1S/C36H30N4O3/c1-35(2)19-41-33(39-35)28-13-10-22(17-37-28)21-9-12-26-30(15-21)43-31-16-27(24-7-5-6-8-25(24)32(26)31)23-11-14-29(38-18-23)34-40-36(3,4)20-42-34/h5-18H,19-20H2,1-4H3. The first-order chi connectivity index (χ1) is 20.7. The van der Waals surface area contributed by atoms with Crippen LogP contribution < -0.4 is 0 Å². The molecular weight excluding hydrogens is 536 g/mol. The van der Waals surface area contributed by atoms with Crippen molar-refractivity contribution in [2.45, 2.75) is 38.8 Å². The monoisotopic (exact) mass is 566 g/mol. The molecule has 0 amide bonds. The quantitative estimate of drug-likeness (QED) is 0.216. The number of benzene rings is 3. The molecular formula is C36H30N4O3. The van der Waals surface area contributed by atoms with Crippen LogP contribution in [0.3, 0.4) is 0 Å². The van der Waals surface area contributed by atoms with Gasteiger partial charge in [0, 0.05) is 34.3 Å². The summed E-state index contributed by atoms with van der Waals surface area (Å²) in [6.07, 6.45) is 3.75. The van der Waals surface area contributed by atoms with E-state index in [2.05, 4.69) is 103 Å². The number of fused-ring (bicyclic) bond motifs is 5. The number of furan rings is 1. The molecule has 43 heavy (non-hydrogen) atoms. The van der Waals surface area contributed by atoms with Crippen LogP contribution in [-0.4, -0.2) is 46.1 Å². The number of pyridine rings is 2. The summed E-state index contributed by atoms with van der Waals surface area (Å²) in [5.74, 6) is 1.20. The van der Waals surface area contributed by atoms with Crippen molar-refractivity contribution in [2.75, 3.05) is 13.2 Å². The van der Waals surface area contributed by atoms with Gasteiger partial charge in [0.2, 0.25) is 11.8 Å². The Morgan fingerprint density at radius 2 is 1.19 bits per heavy atom. The average Bonchev–Trinajstić information content (AvgIpc) is 3.69. The van der Waals surface area contributed by atoms with Gasteiger partial charge in [-0.2, -0.15) is 0 Å². The molecule has 5 heterocycles. The number of nitrogens with zero attached hydrogens (tertiary/aromatic N) is 4. The molecule has 0 spiro atoms. The molecule has 0 unspecified atom stereocenters. The minimum absolute atomic E-state index is 0.219. The summed E-state index contributed by atoms with van der Waals surface area (Å²) in [4.78, 5) is 18.7. The topological polar surface area (TPSA) is 82.1 Å². The van der Waals surface area contributed by atoms with Crippen LogP contribution in [0.5, 0.6) is 0 Å². The van der Waals surface area contributed by atoms with Crippen molar-refractivity contribution < 1.29 is 13.9 Å². The number of aliphatic imine (C=N–C) groups is 2. The molecule has 3 aromatic carbocycles. The Labute approximate surface area is 248 Å². The van der Waals surface area contributed by atoms with Gasteiger partial charge >= 0.3 is 0 Å². The van der Waals surface area contributed by atoms with Gasteiger partial charge in [0.15, 0.2) is 0 Å². The Morgan fingerprint density at radius 1 is 0.581 bits per heavy atom. The number of hydrogen-bond donors (Lipinski definition) is 0. The molecule has 0 saturated carbocycles. The molecule has 0 radical (unpaired) electrons. The number of hydrogen-bond acceptors (Lipinski definition) is 7. The van der Waals surface area contributed by atoms with Crippen molar-refractivity contribution in [3.63, 3.8) is 0 Å². The van der Waals surface area contributed by atoms with Crippen molar-refractivity contribution in [1.82, 2.24) is 9.97 Å². The highest BCUT2D eigenvalue weighted by Gasteiger charge is 2.28. The molecule has 7 nitrogen and oxygen atoms in total. The predicted octanol–water partition coefficient (Wildman–Crippen LogP) is 7.97. The van der Waals surface area contributed by atoms with Crippen LogP contribution in [0.1, 0.15) is 39.1 Å². The Bertz CT molecular complexity index is 2120. The van der Waals surface area contributed by atoms with Gasteiger partial charge < -0.3 is 13.9 Å². The zero-order chi connectivity index (χ0) is 29.3. The van der Waals surface area contributed by atoms with Crippen LogP contribution >= 0.6 is 0 Å². The normalized spacial score (nSPS) is 17.2. The maximum absolute atomic E-state index is 6.52. The zero-order valence-electron chi connectivity index (χ0n) is 24.5. The molecule has 8 rings (SSSR count). The van der Waals surface area contributed by atoms with Crippen LogP contribution in [0.2, 0.25) is 0 Å². The van der Waals surface area contributed by atoms with Crippen molar-refractivity contribution in [3.8, 4) is 22.3 Å². The van der Waals surface area contributed by atoms with Crippen LogP contribution in [0.4, 0.5) is 0 Å². The summed E-state index contributed by atoms with van der Waals surface area (Å²) in [6, 6.07) is 25.0. The van der Waals surface area contributed by atoms with E-state index in [1.165, 1.54) is 0 Å². The van der Waals surface area contributed by atoms with Gasteiger partial charge in [-0.05, 0) is 79.9 Å². The SMILES string of the molecule is CC1(C)COC(c2ccc(-c3ccc4c(c3)oc3cc(-c5ccc(C6=NC(C)(C)CO6)nc5)c5ccccc5c34)cn2)=N1. The van der Waals surface area contributed by atoms with Gasteiger partial charge in [0.25, 0.3) is 0 Å². The first-order valence-corrected chi connectivity index (χ1v) is 14.5. The highest BCUT2D eigenvalue weighted by molar-refractivity contribution is 6.22. The molecule has 0 atom stereocenters.